The van der Waals surface area contributed by atoms with E-state index in [0.29, 0.717) is 38.6 Å². The van der Waals surface area contributed by atoms with Gasteiger partial charge in [-0.3, -0.25) is 9.79 Å². The fraction of sp³-hybridized carbons (Fsp3) is 0.579. The van der Waals surface area contributed by atoms with Gasteiger partial charge in [-0.25, -0.2) is 0 Å². The summed E-state index contributed by atoms with van der Waals surface area (Å²) >= 11 is 0. The highest BCUT2D eigenvalue weighted by Crippen LogP contribution is 2.29. The fourth-order valence-electron chi connectivity index (χ4n) is 2.58. The van der Waals surface area contributed by atoms with E-state index >= 15 is 0 Å². The zero-order valence-corrected chi connectivity index (χ0v) is 19.2. The van der Waals surface area contributed by atoms with Crippen LogP contribution in [0.3, 0.4) is 0 Å². The maximum Gasteiger partial charge on any atom is 0.416 e. The van der Waals surface area contributed by atoms with Gasteiger partial charge in [-0.2, -0.15) is 13.2 Å². The molecule has 1 amide bonds. The molecule has 0 radical (unpaired) electrons. The molecule has 0 aromatic heterocycles. The van der Waals surface area contributed by atoms with Crippen molar-refractivity contribution in [1.29, 1.82) is 0 Å². The van der Waals surface area contributed by atoms with Crippen LogP contribution in [0.1, 0.15) is 31.9 Å². The van der Waals surface area contributed by atoms with Crippen LogP contribution in [0.25, 0.3) is 0 Å². The van der Waals surface area contributed by atoms with E-state index in [0.717, 1.165) is 17.7 Å². The monoisotopic (exact) mass is 514 g/mol. The topological polar surface area (TPSA) is 47.9 Å². The number of hydrogen-bond acceptors (Lipinski definition) is 2. The molecule has 28 heavy (non-hydrogen) atoms. The number of halogens is 4. The molecule has 1 aromatic rings. The minimum Gasteiger partial charge on any atom is -0.357 e. The predicted octanol–water partition coefficient (Wildman–Crippen LogP) is 3.63. The van der Waals surface area contributed by atoms with Gasteiger partial charge in [-0.05, 0) is 44.9 Å². The number of carbonyl (C=O) groups excluding carboxylic acids is 1. The quantitative estimate of drug-likeness (QED) is 0.328. The fourth-order valence-corrected chi connectivity index (χ4v) is 2.58. The normalized spacial score (nSPS) is 11.6. The molecular formula is C19H30F3IN4O. The van der Waals surface area contributed by atoms with E-state index in [1.807, 2.05) is 20.8 Å². The van der Waals surface area contributed by atoms with Crippen LogP contribution in [-0.2, 0) is 17.4 Å². The summed E-state index contributed by atoms with van der Waals surface area (Å²) < 4.78 is 37.8. The second-order valence-electron chi connectivity index (χ2n) is 6.10. The molecule has 1 rings (SSSR count). The average molecular weight is 514 g/mol. The Bertz CT molecular complexity index is 617. The Morgan fingerprint density at radius 1 is 1.11 bits per heavy atom. The van der Waals surface area contributed by atoms with Crippen LogP contribution in [0, 0.1) is 0 Å². The smallest absolute Gasteiger partial charge is 0.357 e. The van der Waals surface area contributed by atoms with Gasteiger partial charge < -0.3 is 15.1 Å². The molecule has 0 fully saturated rings. The first-order valence-electron chi connectivity index (χ1n) is 9.16. The lowest BCUT2D eigenvalue weighted by Crippen LogP contribution is -2.45. The van der Waals surface area contributed by atoms with E-state index in [2.05, 4.69) is 10.3 Å². The Morgan fingerprint density at radius 3 is 2.14 bits per heavy atom. The number of amides is 1. The number of nitrogens with zero attached hydrogens (tertiary/aromatic N) is 3. The van der Waals surface area contributed by atoms with Crippen LogP contribution in [-0.4, -0.2) is 61.4 Å². The molecule has 0 aliphatic carbocycles. The molecule has 160 valence electrons. The lowest BCUT2D eigenvalue weighted by molar-refractivity contribution is -0.137. The summed E-state index contributed by atoms with van der Waals surface area (Å²) in [7, 11) is 1.79. The van der Waals surface area contributed by atoms with Crippen molar-refractivity contribution in [2.24, 2.45) is 4.99 Å². The Kier molecular flexibility index (Phi) is 12.1. The molecule has 0 heterocycles. The lowest BCUT2D eigenvalue weighted by atomic mass is 10.1. The summed E-state index contributed by atoms with van der Waals surface area (Å²) in [6.45, 7) is 8.41. The zero-order valence-electron chi connectivity index (χ0n) is 16.8. The average Bonchev–Trinajstić information content (AvgIpc) is 2.61. The van der Waals surface area contributed by atoms with Crippen molar-refractivity contribution in [3.8, 4) is 0 Å². The minimum atomic E-state index is -4.32. The molecule has 0 unspecified atom stereocenters. The van der Waals surface area contributed by atoms with Gasteiger partial charge >= 0.3 is 6.18 Å². The van der Waals surface area contributed by atoms with Crippen molar-refractivity contribution in [3.05, 3.63) is 35.4 Å². The van der Waals surface area contributed by atoms with E-state index in [1.165, 1.54) is 12.1 Å². The van der Waals surface area contributed by atoms with Crippen LogP contribution in [0.15, 0.2) is 29.3 Å². The van der Waals surface area contributed by atoms with E-state index < -0.39 is 11.7 Å². The molecule has 0 spiro atoms. The highest BCUT2D eigenvalue weighted by atomic mass is 127. The molecule has 9 heteroatoms. The first-order valence-corrected chi connectivity index (χ1v) is 9.16. The predicted molar refractivity (Wildman–Crippen MR) is 117 cm³/mol. The minimum absolute atomic E-state index is 0. The van der Waals surface area contributed by atoms with Crippen molar-refractivity contribution >= 4 is 35.8 Å². The van der Waals surface area contributed by atoms with Gasteiger partial charge in [0.15, 0.2) is 5.96 Å². The number of guanidine groups is 1. The van der Waals surface area contributed by atoms with Crippen LogP contribution in [0.5, 0.6) is 0 Å². The van der Waals surface area contributed by atoms with Gasteiger partial charge in [0, 0.05) is 33.2 Å². The second kappa shape index (κ2) is 12.8. The number of rotatable bonds is 8. The highest BCUT2D eigenvalue weighted by Gasteiger charge is 2.29. The zero-order chi connectivity index (χ0) is 20.4. The standard InChI is InChI=1S/C19H29F3N4O.HI/c1-5-23-18(25(4)14-17(27)26(6-2)7-3)24-13-12-15-8-10-16(11-9-15)19(20,21)22;/h8-11H,5-7,12-14H2,1-4H3,(H,23,24);1H. The van der Waals surface area contributed by atoms with E-state index in [4.69, 9.17) is 0 Å². The molecule has 0 atom stereocenters. The Labute approximate surface area is 182 Å². The van der Waals surface area contributed by atoms with Gasteiger partial charge in [0.2, 0.25) is 5.91 Å². The van der Waals surface area contributed by atoms with E-state index in [-0.39, 0.29) is 36.4 Å². The van der Waals surface area contributed by atoms with Crippen molar-refractivity contribution in [1.82, 2.24) is 15.1 Å². The number of aliphatic imine (C=N–C) groups is 1. The molecule has 0 bridgehead atoms. The van der Waals surface area contributed by atoms with Crippen molar-refractivity contribution < 1.29 is 18.0 Å². The summed E-state index contributed by atoms with van der Waals surface area (Å²) in [5.74, 6) is 0.626. The Balaban J connectivity index is 0.00000729. The summed E-state index contributed by atoms with van der Waals surface area (Å²) in [5.41, 5.74) is 0.127. The maximum atomic E-state index is 12.6. The van der Waals surface area contributed by atoms with Crippen molar-refractivity contribution in [3.63, 3.8) is 0 Å². The van der Waals surface area contributed by atoms with Gasteiger partial charge in [-0.15, -0.1) is 24.0 Å². The molecule has 1 aromatic carbocycles. The molecule has 0 saturated carbocycles. The van der Waals surface area contributed by atoms with Crippen molar-refractivity contribution in [2.75, 3.05) is 39.8 Å². The molecule has 0 saturated heterocycles. The number of hydrogen-bond donors (Lipinski definition) is 1. The van der Waals surface area contributed by atoms with Crippen LogP contribution < -0.4 is 5.32 Å². The third-order valence-corrected chi connectivity index (χ3v) is 4.13. The number of carbonyl (C=O) groups is 1. The van der Waals surface area contributed by atoms with Gasteiger partial charge in [-0.1, -0.05) is 12.1 Å². The number of alkyl halides is 3. The SMILES string of the molecule is CCNC(=NCCc1ccc(C(F)(F)F)cc1)N(C)CC(=O)N(CC)CC.I. The van der Waals surface area contributed by atoms with Gasteiger partial charge in [0.1, 0.15) is 0 Å². The molecule has 5 nitrogen and oxygen atoms in total. The summed E-state index contributed by atoms with van der Waals surface area (Å²) in [6, 6.07) is 5.11. The summed E-state index contributed by atoms with van der Waals surface area (Å²) in [6.07, 6.45) is -3.81. The number of likely N-dealkylation sites (N-methyl/N-ethyl adjacent to an activating group) is 2. The number of benzene rings is 1. The Hall–Kier alpha value is -1.52. The third-order valence-electron chi connectivity index (χ3n) is 4.13. The van der Waals surface area contributed by atoms with Crippen LogP contribution in [0.4, 0.5) is 13.2 Å². The first kappa shape index (κ1) is 26.5. The molecular weight excluding hydrogens is 484 g/mol. The Morgan fingerprint density at radius 2 is 1.68 bits per heavy atom. The van der Waals surface area contributed by atoms with E-state index in [1.54, 1.807) is 16.8 Å². The first-order chi connectivity index (χ1) is 12.7. The number of nitrogens with one attached hydrogen (secondary N) is 1. The third kappa shape index (κ3) is 8.66. The van der Waals surface area contributed by atoms with E-state index in [9.17, 15) is 18.0 Å². The van der Waals surface area contributed by atoms with Crippen LogP contribution >= 0.6 is 24.0 Å². The maximum absolute atomic E-state index is 12.6. The second-order valence-corrected chi connectivity index (χ2v) is 6.10. The van der Waals surface area contributed by atoms with Gasteiger partial charge in [0.05, 0.1) is 12.1 Å². The molecule has 1 N–H and O–H groups in total. The lowest BCUT2D eigenvalue weighted by Gasteiger charge is -2.25. The van der Waals surface area contributed by atoms with Crippen molar-refractivity contribution in [2.45, 2.75) is 33.4 Å². The van der Waals surface area contributed by atoms with Crippen LogP contribution in [0.2, 0.25) is 0 Å². The highest BCUT2D eigenvalue weighted by molar-refractivity contribution is 14.0. The summed E-state index contributed by atoms with van der Waals surface area (Å²) in [5, 5.41) is 3.13. The molecule has 0 aliphatic heterocycles. The van der Waals surface area contributed by atoms with Gasteiger partial charge in [0.25, 0.3) is 0 Å². The largest absolute Gasteiger partial charge is 0.416 e. The summed E-state index contributed by atoms with van der Waals surface area (Å²) in [4.78, 5) is 20.2. The molecule has 0 aliphatic rings.